The zero-order chi connectivity index (χ0) is 13.5. The van der Waals surface area contributed by atoms with Gasteiger partial charge in [-0.15, -0.1) is 0 Å². The predicted octanol–water partition coefficient (Wildman–Crippen LogP) is 3.61. The van der Waals surface area contributed by atoms with E-state index in [1.165, 1.54) is 0 Å². The molecule has 1 aromatic carbocycles. The van der Waals surface area contributed by atoms with Crippen molar-refractivity contribution >= 4 is 21.8 Å². The van der Waals surface area contributed by atoms with Gasteiger partial charge in [-0.05, 0) is 57.9 Å². The Bertz CT molecular complexity index is 462. The van der Waals surface area contributed by atoms with Gasteiger partial charge in [0, 0.05) is 22.1 Å². The molecule has 96 valence electrons. The van der Waals surface area contributed by atoms with Crippen molar-refractivity contribution in [2.75, 3.05) is 0 Å². The minimum Gasteiger partial charge on any atom is -0.361 e. The molecule has 0 aliphatic carbocycles. The molecule has 1 N–H and O–H groups in total. The summed E-state index contributed by atoms with van der Waals surface area (Å²) >= 11 is 3.41. The van der Waals surface area contributed by atoms with Crippen LogP contribution in [-0.4, -0.2) is 17.9 Å². The molecule has 0 aromatic heterocycles. The quantitative estimate of drug-likeness (QED) is 0.504. The van der Waals surface area contributed by atoms with Crippen molar-refractivity contribution in [1.82, 2.24) is 5.32 Å². The molecule has 0 heterocycles. The van der Waals surface area contributed by atoms with E-state index in [1.807, 2.05) is 38.1 Å². The zero-order valence-corrected chi connectivity index (χ0v) is 12.9. The summed E-state index contributed by atoms with van der Waals surface area (Å²) in [5.74, 6) is 6.96. The highest BCUT2D eigenvalue weighted by molar-refractivity contribution is 9.10. The van der Waals surface area contributed by atoms with Crippen LogP contribution in [0.3, 0.4) is 0 Å². The molecule has 0 aliphatic rings. The predicted molar refractivity (Wildman–Crippen MR) is 81.9 cm³/mol. The molecule has 0 saturated carbocycles. The van der Waals surface area contributed by atoms with Gasteiger partial charge >= 0.3 is 0 Å². The Hall–Kier alpha value is -1.27. The second kappa shape index (κ2) is 7.23. The van der Waals surface area contributed by atoms with Gasteiger partial charge in [0.25, 0.3) is 0 Å². The summed E-state index contributed by atoms with van der Waals surface area (Å²) in [6.07, 6.45) is 0. The average Bonchev–Trinajstić information content (AvgIpc) is 2.26. The number of benzene rings is 1. The number of hydrogen-bond donors (Lipinski definition) is 1. The Labute approximate surface area is 118 Å². The van der Waals surface area contributed by atoms with E-state index in [-0.39, 0.29) is 6.04 Å². The molecule has 3 heteroatoms. The Kier molecular flexibility index (Phi) is 5.94. The van der Waals surface area contributed by atoms with Crippen LogP contribution in [0.1, 0.15) is 33.3 Å². The summed E-state index contributed by atoms with van der Waals surface area (Å²) in [5.41, 5.74) is 0.986. The lowest BCUT2D eigenvalue weighted by molar-refractivity contribution is 0.723. The first kappa shape index (κ1) is 14.8. The van der Waals surface area contributed by atoms with Gasteiger partial charge in [0.15, 0.2) is 5.84 Å². The van der Waals surface area contributed by atoms with Crippen LogP contribution >= 0.6 is 15.9 Å². The second-order valence-electron chi connectivity index (χ2n) is 4.63. The van der Waals surface area contributed by atoms with Crippen molar-refractivity contribution in [3.63, 3.8) is 0 Å². The van der Waals surface area contributed by atoms with Crippen molar-refractivity contribution in [2.45, 2.75) is 39.8 Å². The Morgan fingerprint density at radius 2 is 1.78 bits per heavy atom. The lowest BCUT2D eigenvalue weighted by Crippen LogP contribution is -2.30. The van der Waals surface area contributed by atoms with Crippen molar-refractivity contribution < 1.29 is 0 Å². The highest BCUT2D eigenvalue weighted by atomic mass is 79.9. The number of nitrogens with zero attached hydrogens (tertiary/aromatic N) is 1. The molecule has 0 bridgehead atoms. The van der Waals surface area contributed by atoms with E-state index in [0.29, 0.717) is 6.04 Å². The standard InChI is InChI=1S/C15H19BrN2/c1-11(2)17-15(18-12(3)4)10-7-13-5-8-14(16)9-6-13/h5-6,8-9,11-12H,1-4H3,(H,17,18). The summed E-state index contributed by atoms with van der Waals surface area (Å²) in [5, 5.41) is 3.26. The van der Waals surface area contributed by atoms with Crippen LogP contribution in [0.25, 0.3) is 0 Å². The summed E-state index contributed by atoms with van der Waals surface area (Å²) in [6.45, 7) is 8.25. The van der Waals surface area contributed by atoms with E-state index in [4.69, 9.17) is 0 Å². The van der Waals surface area contributed by atoms with Gasteiger partial charge in [0.05, 0.1) is 0 Å². The Balaban J connectivity index is 2.87. The van der Waals surface area contributed by atoms with Gasteiger partial charge in [0.2, 0.25) is 0 Å². The van der Waals surface area contributed by atoms with E-state index >= 15 is 0 Å². The highest BCUT2D eigenvalue weighted by Crippen LogP contribution is 2.09. The van der Waals surface area contributed by atoms with Crippen LogP contribution in [0, 0.1) is 11.8 Å². The third kappa shape index (κ3) is 5.88. The molecular weight excluding hydrogens is 288 g/mol. The van der Waals surface area contributed by atoms with Crippen molar-refractivity contribution in [2.24, 2.45) is 4.99 Å². The van der Waals surface area contributed by atoms with Crippen molar-refractivity contribution in [3.8, 4) is 11.8 Å². The Morgan fingerprint density at radius 1 is 1.17 bits per heavy atom. The molecule has 0 atom stereocenters. The van der Waals surface area contributed by atoms with Crippen LogP contribution in [0.15, 0.2) is 33.7 Å². The molecule has 0 unspecified atom stereocenters. The third-order valence-corrected chi connectivity index (χ3v) is 2.51. The lowest BCUT2D eigenvalue weighted by atomic mass is 10.2. The Morgan fingerprint density at radius 3 is 2.28 bits per heavy atom. The molecule has 2 nitrogen and oxygen atoms in total. The number of rotatable bonds is 2. The smallest absolute Gasteiger partial charge is 0.174 e. The molecular formula is C15H19BrN2. The van der Waals surface area contributed by atoms with Gasteiger partial charge in [-0.2, -0.15) is 0 Å². The lowest BCUT2D eigenvalue weighted by Gasteiger charge is -2.09. The SMILES string of the molecule is CC(C)N=C(C#Cc1ccc(Br)cc1)NC(C)C. The maximum Gasteiger partial charge on any atom is 0.174 e. The minimum atomic E-state index is 0.241. The summed E-state index contributed by atoms with van der Waals surface area (Å²) in [4.78, 5) is 4.47. The molecule has 0 amide bonds. The first-order valence-electron chi connectivity index (χ1n) is 6.09. The zero-order valence-electron chi connectivity index (χ0n) is 11.3. The first-order valence-corrected chi connectivity index (χ1v) is 6.88. The van der Waals surface area contributed by atoms with E-state index in [9.17, 15) is 0 Å². The molecule has 0 saturated heterocycles. The maximum absolute atomic E-state index is 4.47. The fraction of sp³-hybridized carbons (Fsp3) is 0.400. The molecule has 1 aromatic rings. The minimum absolute atomic E-state index is 0.241. The van der Waals surface area contributed by atoms with Crippen LogP contribution in [0.2, 0.25) is 0 Å². The number of hydrogen-bond acceptors (Lipinski definition) is 1. The van der Waals surface area contributed by atoms with Crippen LogP contribution in [0.5, 0.6) is 0 Å². The van der Waals surface area contributed by atoms with E-state index in [0.717, 1.165) is 15.9 Å². The monoisotopic (exact) mass is 306 g/mol. The van der Waals surface area contributed by atoms with Gasteiger partial charge < -0.3 is 5.32 Å². The van der Waals surface area contributed by atoms with Crippen LogP contribution in [0.4, 0.5) is 0 Å². The van der Waals surface area contributed by atoms with Gasteiger partial charge in [-0.1, -0.05) is 21.9 Å². The maximum atomic E-state index is 4.47. The fourth-order valence-electron chi connectivity index (χ4n) is 1.30. The molecule has 0 fully saturated rings. The van der Waals surface area contributed by atoms with Crippen LogP contribution < -0.4 is 5.32 Å². The largest absolute Gasteiger partial charge is 0.361 e. The van der Waals surface area contributed by atoms with Crippen molar-refractivity contribution in [1.29, 1.82) is 0 Å². The number of aliphatic imine (C=N–C) groups is 1. The highest BCUT2D eigenvalue weighted by Gasteiger charge is 1.98. The number of nitrogens with one attached hydrogen (secondary N) is 1. The molecule has 18 heavy (non-hydrogen) atoms. The van der Waals surface area contributed by atoms with E-state index < -0.39 is 0 Å². The van der Waals surface area contributed by atoms with Crippen molar-refractivity contribution in [3.05, 3.63) is 34.3 Å². The van der Waals surface area contributed by atoms with E-state index in [2.05, 4.69) is 51.9 Å². The fourth-order valence-corrected chi connectivity index (χ4v) is 1.57. The van der Waals surface area contributed by atoms with Gasteiger partial charge in [-0.25, -0.2) is 0 Å². The summed E-state index contributed by atoms with van der Waals surface area (Å²) in [7, 11) is 0. The van der Waals surface area contributed by atoms with Gasteiger partial charge in [-0.3, -0.25) is 4.99 Å². The average molecular weight is 307 g/mol. The number of amidine groups is 1. The third-order valence-electron chi connectivity index (χ3n) is 1.98. The molecule has 0 spiro atoms. The molecule has 0 radical (unpaired) electrons. The normalized spacial score (nSPS) is 11.4. The molecule has 0 aliphatic heterocycles. The summed E-state index contributed by atoms with van der Waals surface area (Å²) < 4.78 is 1.06. The van der Waals surface area contributed by atoms with Crippen LogP contribution in [-0.2, 0) is 0 Å². The topological polar surface area (TPSA) is 24.4 Å². The summed E-state index contributed by atoms with van der Waals surface area (Å²) in [6, 6.07) is 8.52. The van der Waals surface area contributed by atoms with Gasteiger partial charge in [0.1, 0.15) is 0 Å². The first-order chi connectivity index (χ1) is 8.47. The molecule has 1 rings (SSSR count). The van der Waals surface area contributed by atoms with E-state index in [1.54, 1.807) is 0 Å². The second-order valence-corrected chi connectivity index (χ2v) is 5.54. The number of halogens is 1.